The van der Waals surface area contributed by atoms with Crippen molar-refractivity contribution < 1.29 is 0 Å². The topological polar surface area (TPSA) is 43.8 Å². The Kier molecular flexibility index (Phi) is 3.06. The van der Waals surface area contributed by atoms with Gasteiger partial charge in [0.2, 0.25) is 0 Å². The summed E-state index contributed by atoms with van der Waals surface area (Å²) >= 11 is 0. The number of benzene rings is 1. The molecule has 3 nitrogen and oxygen atoms in total. The average Bonchev–Trinajstić information content (AvgIpc) is 2.75. The third-order valence-corrected chi connectivity index (χ3v) is 3.02. The fourth-order valence-corrected chi connectivity index (χ4v) is 1.89. The summed E-state index contributed by atoms with van der Waals surface area (Å²) in [7, 11) is 1.97. The molecule has 0 radical (unpaired) electrons. The van der Waals surface area contributed by atoms with Crippen LogP contribution in [-0.4, -0.2) is 9.55 Å². The van der Waals surface area contributed by atoms with Gasteiger partial charge in [0.05, 0.1) is 6.04 Å². The van der Waals surface area contributed by atoms with E-state index in [0.717, 1.165) is 5.82 Å². The number of nitrogens with zero attached hydrogens (tertiary/aromatic N) is 2. The predicted molar refractivity (Wildman–Crippen MR) is 65.0 cm³/mol. The molecule has 0 spiro atoms. The summed E-state index contributed by atoms with van der Waals surface area (Å²) in [6, 6.07) is 10.2. The van der Waals surface area contributed by atoms with E-state index in [1.165, 1.54) is 5.56 Å². The smallest absolute Gasteiger partial charge is 0.125 e. The Bertz CT molecular complexity index is 447. The Labute approximate surface area is 95.9 Å². The molecule has 2 atom stereocenters. The van der Waals surface area contributed by atoms with E-state index in [1.807, 2.05) is 36.0 Å². The monoisotopic (exact) mass is 215 g/mol. The molecule has 1 aromatic carbocycles. The van der Waals surface area contributed by atoms with Crippen LogP contribution in [-0.2, 0) is 7.05 Å². The molecule has 1 aromatic heterocycles. The first kappa shape index (κ1) is 10.9. The summed E-state index contributed by atoms with van der Waals surface area (Å²) in [5.41, 5.74) is 7.48. The van der Waals surface area contributed by atoms with E-state index in [1.54, 1.807) is 6.20 Å². The van der Waals surface area contributed by atoms with Crippen molar-refractivity contribution in [3.8, 4) is 0 Å². The molecule has 0 bridgehead atoms. The Morgan fingerprint density at radius 2 is 1.94 bits per heavy atom. The first-order valence-corrected chi connectivity index (χ1v) is 5.48. The lowest BCUT2D eigenvalue weighted by Crippen LogP contribution is -2.21. The van der Waals surface area contributed by atoms with Crippen molar-refractivity contribution in [1.29, 1.82) is 0 Å². The lowest BCUT2D eigenvalue weighted by molar-refractivity contribution is 0.546. The molecule has 0 amide bonds. The molecule has 2 unspecified atom stereocenters. The Hall–Kier alpha value is -1.61. The molecule has 0 aliphatic carbocycles. The second kappa shape index (κ2) is 4.49. The van der Waals surface area contributed by atoms with Gasteiger partial charge < -0.3 is 10.3 Å². The van der Waals surface area contributed by atoms with Gasteiger partial charge in [-0.3, -0.25) is 0 Å². The van der Waals surface area contributed by atoms with Gasteiger partial charge in [0.1, 0.15) is 5.82 Å². The minimum Gasteiger partial charge on any atom is -0.337 e. The molecule has 2 aromatic rings. The maximum atomic E-state index is 6.23. The predicted octanol–water partition coefficient (Wildman–Crippen LogP) is 2.22. The maximum absolute atomic E-state index is 6.23. The van der Waals surface area contributed by atoms with E-state index >= 15 is 0 Å². The number of aromatic nitrogens is 2. The molecule has 0 fully saturated rings. The van der Waals surface area contributed by atoms with Crippen LogP contribution in [0.3, 0.4) is 0 Å². The van der Waals surface area contributed by atoms with Crippen molar-refractivity contribution in [3.05, 3.63) is 54.1 Å². The number of nitrogens with two attached hydrogens (primary N) is 1. The van der Waals surface area contributed by atoms with Crippen LogP contribution in [0.4, 0.5) is 0 Å². The van der Waals surface area contributed by atoms with Gasteiger partial charge in [-0.05, 0) is 5.56 Å². The van der Waals surface area contributed by atoms with Crippen LogP contribution in [0, 0.1) is 0 Å². The Morgan fingerprint density at radius 3 is 2.50 bits per heavy atom. The second-order valence-corrected chi connectivity index (χ2v) is 4.12. The highest BCUT2D eigenvalue weighted by Gasteiger charge is 2.19. The normalized spacial score (nSPS) is 14.7. The Balaban J connectivity index is 2.23. The molecular formula is C13H17N3. The SMILES string of the molecule is CC(c1ccccc1)C(N)c1nccn1C. The number of hydrogen-bond acceptors (Lipinski definition) is 2. The van der Waals surface area contributed by atoms with Crippen molar-refractivity contribution >= 4 is 0 Å². The third kappa shape index (κ3) is 1.99. The highest BCUT2D eigenvalue weighted by Crippen LogP contribution is 2.26. The first-order chi connectivity index (χ1) is 7.70. The van der Waals surface area contributed by atoms with Gasteiger partial charge in [0.15, 0.2) is 0 Å². The van der Waals surface area contributed by atoms with E-state index in [-0.39, 0.29) is 12.0 Å². The fraction of sp³-hybridized carbons (Fsp3) is 0.308. The van der Waals surface area contributed by atoms with Gasteiger partial charge in [0.25, 0.3) is 0 Å². The second-order valence-electron chi connectivity index (χ2n) is 4.12. The van der Waals surface area contributed by atoms with Gasteiger partial charge in [0, 0.05) is 25.4 Å². The van der Waals surface area contributed by atoms with Crippen LogP contribution in [0.1, 0.15) is 30.3 Å². The summed E-state index contributed by atoms with van der Waals surface area (Å²) < 4.78 is 1.98. The molecule has 84 valence electrons. The lowest BCUT2D eigenvalue weighted by atomic mass is 9.93. The standard InChI is InChI=1S/C13H17N3/c1-10(11-6-4-3-5-7-11)12(14)13-15-8-9-16(13)2/h3-10,12H,14H2,1-2H3. The highest BCUT2D eigenvalue weighted by atomic mass is 15.1. The average molecular weight is 215 g/mol. The molecular weight excluding hydrogens is 198 g/mol. The van der Waals surface area contributed by atoms with E-state index in [2.05, 4.69) is 24.0 Å². The molecule has 1 heterocycles. The zero-order valence-corrected chi connectivity index (χ0v) is 9.67. The van der Waals surface area contributed by atoms with Gasteiger partial charge in [-0.1, -0.05) is 37.3 Å². The van der Waals surface area contributed by atoms with Gasteiger partial charge >= 0.3 is 0 Å². The largest absolute Gasteiger partial charge is 0.337 e. The maximum Gasteiger partial charge on any atom is 0.125 e. The summed E-state index contributed by atoms with van der Waals surface area (Å²) in [5, 5.41) is 0. The number of imidazole rings is 1. The molecule has 0 aliphatic rings. The molecule has 2 rings (SSSR count). The van der Waals surface area contributed by atoms with Crippen molar-refractivity contribution in [2.45, 2.75) is 18.9 Å². The summed E-state index contributed by atoms with van der Waals surface area (Å²) in [6.45, 7) is 2.13. The minimum atomic E-state index is -0.0672. The fourth-order valence-electron chi connectivity index (χ4n) is 1.89. The zero-order valence-electron chi connectivity index (χ0n) is 9.67. The van der Waals surface area contributed by atoms with Crippen LogP contribution in [0.2, 0.25) is 0 Å². The van der Waals surface area contributed by atoms with Crippen LogP contribution < -0.4 is 5.73 Å². The van der Waals surface area contributed by atoms with Crippen LogP contribution in [0.15, 0.2) is 42.7 Å². The highest BCUT2D eigenvalue weighted by molar-refractivity contribution is 5.22. The van der Waals surface area contributed by atoms with E-state index in [0.29, 0.717) is 0 Å². The van der Waals surface area contributed by atoms with Crippen molar-refractivity contribution in [1.82, 2.24) is 9.55 Å². The molecule has 0 saturated heterocycles. The Morgan fingerprint density at radius 1 is 1.25 bits per heavy atom. The molecule has 3 heteroatoms. The summed E-state index contributed by atoms with van der Waals surface area (Å²) in [5.74, 6) is 1.19. The first-order valence-electron chi connectivity index (χ1n) is 5.48. The lowest BCUT2D eigenvalue weighted by Gasteiger charge is -2.19. The van der Waals surface area contributed by atoms with Gasteiger partial charge in [-0.2, -0.15) is 0 Å². The van der Waals surface area contributed by atoms with Crippen LogP contribution in [0.5, 0.6) is 0 Å². The van der Waals surface area contributed by atoms with Gasteiger partial charge in [-0.15, -0.1) is 0 Å². The van der Waals surface area contributed by atoms with E-state index < -0.39 is 0 Å². The molecule has 2 N–H and O–H groups in total. The van der Waals surface area contributed by atoms with Crippen molar-refractivity contribution in [2.75, 3.05) is 0 Å². The summed E-state index contributed by atoms with van der Waals surface area (Å²) in [6.07, 6.45) is 3.71. The van der Waals surface area contributed by atoms with E-state index in [4.69, 9.17) is 5.73 Å². The third-order valence-electron chi connectivity index (χ3n) is 3.02. The van der Waals surface area contributed by atoms with Crippen molar-refractivity contribution in [3.63, 3.8) is 0 Å². The van der Waals surface area contributed by atoms with Gasteiger partial charge in [-0.25, -0.2) is 4.98 Å². The number of rotatable bonds is 3. The van der Waals surface area contributed by atoms with Crippen LogP contribution >= 0.6 is 0 Å². The quantitative estimate of drug-likeness (QED) is 0.853. The van der Waals surface area contributed by atoms with Crippen LogP contribution in [0.25, 0.3) is 0 Å². The molecule has 0 saturated carbocycles. The number of aryl methyl sites for hydroxylation is 1. The summed E-state index contributed by atoms with van der Waals surface area (Å²) in [4.78, 5) is 4.30. The molecule has 16 heavy (non-hydrogen) atoms. The minimum absolute atomic E-state index is 0.0672. The molecule has 0 aliphatic heterocycles. The zero-order chi connectivity index (χ0) is 11.5. The number of hydrogen-bond donors (Lipinski definition) is 1. The van der Waals surface area contributed by atoms with E-state index in [9.17, 15) is 0 Å². The van der Waals surface area contributed by atoms with Crippen molar-refractivity contribution in [2.24, 2.45) is 12.8 Å².